The monoisotopic (exact) mass is 509 g/mol. The van der Waals surface area contributed by atoms with Crippen LogP contribution in [0.5, 0.6) is 0 Å². The molecule has 0 aliphatic heterocycles. The van der Waals surface area contributed by atoms with E-state index in [9.17, 15) is 13.2 Å². The maximum atomic E-state index is 12.8. The van der Waals surface area contributed by atoms with Crippen molar-refractivity contribution < 1.29 is 18.3 Å². The number of fused-ring (bicyclic) bond motifs is 1. The predicted molar refractivity (Wildman–Crippen MR) is 127 cm³/mol. The summed E-state index contributed by atoms with van der Waals surface area (Å²) in [5, 5.41) is 8.75. The van der Waals surface area contributed by atoms with E-state index in [2.05, 4.69) is 40.6 Å². The first-order chi connectivity index (χ1) is 14.6. The number of aryl methyl sites for hydroxylation is 1. The van der Waals surface area contributed by atoms with Crippen LogP contribution in [-0.4, -0.2) is 25.2 Å². The summed E-state index contributed by atoms with van der Waals surface area (Å²) in [4.78, 5) is 10.6. The molecule has 1 fully saturated rings. The predicted octanol–water partition coefficient (Wildman–Crippen LogP) is 5.43. The molecule has 0 saturated heterocycles. The van der Waals surface area contributed by atoms with Crippen LogP contribution in [-0.2, 0) is 21.2 Å². The van der Waals surface area contributed by atoms with Gasteiger partial charge in [-0.25, -0.2) is 8.42 Å². The molecule has 0 amide bonds. The van der Waals surface area contributed by atoms with E-state index in [0.717, 1.165) is 41.4 Å². The van der Waals surface area contributed by atoms with E-state index in [1.54, 1.807) is 0 Å². The van der Waals surface area contributed by atoms with E-state index >= 15 is 0 Å². The van der Waals surface area contributed by atoms with Gasteiger partial charge in [0.15, 0.2) is 0 Å². The number of carboxylic acid groups (broad SMARTS) is 1. The second-order valence-corrected chi connectivity index (χ2v) is 12.0. The third-order valence-corrected chi connectivity index (χ3v) is 8.61. The first-order valence-corrected chi connectivity index (χ1v) is 13.4. The van der Waals surface area contributed by atoms with Gasteiger partial charge < -0.3 is 5.11 Å². The number of carboxylic acids is 1. The van der Waals surface area contributed by atoms with Crippen molar-refractivity contribution in [1.82, 2.24) is 4.72 Å². The van der Waals surface area contributed by atoms with E-state index < -0.39 is 16.0 Å². The van der Waals surface area contributed by atoms with Crippen LogP contribution in [0, 0.1) is 17.3 Å². The van der Waals surface area contributed by atoms with Crippen LogP contribution in [0.1, 0.15) is 57.9 Å². The molecule has 1 aromatic carbocycles. The van der Waals surface area contributed by atoms with Crippen molar-refractivity contribution in [2.45, 2.75) is 58.8 Å². The number of benzene rings is 1. The molecule has 31 heavy (non-hydrogen) atoms. The fourth-order valence-electron chi connectivity index (χ4n) is 4.80. The maximum absolute atomic E-state index is 12.8. The highest BCUT2D eigenvalue weighted by atomic mass is 79.9. The molecule has 1 aromatic rings. The fourth-order valence-corrected chi connectivity index (χ4v) is 6.44. The highest BCUT2D eigenvalue weighted by Crippen LogP contribution is 2.61. The van der Waals surface area contributed by atoms with Gasteiger partial charge in [-0.2, -0.15) is 0 Å². The molecule has 3 aliphatic rings. The molecule has 0 heterocycles. The lowest BCUT2D eigenvalue weighted by Gasteiger charge is -2.58. The lowest BCUT2D eigenvalue weighted by atomic mass is 9.48. The van der Waals surface area contributed by atoms with Gasteiger partial charge in [0.25, 0.3) is 0 Å². The van der Waals surface area contributed by atoms with Gasteiger partial charge in [0.2, 0.25) is 10.0 Å². The third-order valence-electron chi connectivity index (χ3n) is 6.82. The molecule has 5 nitrogen and oxygen atoms in total. The molecule has 2 atom stereocenters. The molecule has 2 N–H and O–H groups in total. The zero-order valence-corrected chi connectivity index (χ0v) is 20.6. The Bertz CT molecular complexity index is 981. The summed E-state index contributed by atoms with van der Waals surface area (Å²) in [6.07, 6.45) is 8.71. The summed E-state index contributed by atoms with van der Waals surface area (Å²) in [6, 6.07) is 7.74. The molecular weight excluding hydrogens is 478 g/mol. The van der Waals surface area contributed by atoms with E-state index in [4.69, 9.17) is 5.11 Å². The number of unbranched alkanes of at least 4 members (excludes halogenated alkanes) is 1. The number of halogens is 1. The topological polar surface area (TPSA) is 83.5 Å². The van der Waals surface area contributed by atoms with Crippen molar-refractivity contribution in [3.05, 3.63) is 57.7 Å². The van der Waals surface area contributed by atoms with Crippen LogP contribution in [0.3, 0.4) is 0 Å². The van der Waals surface area contributed by atoms with Crippen LogP contribution in [0.15, 0.2) is 52.2 Å². The largest absolute Gasteiger partial charge is 0.481 e. The molecule has 1 saturated carbocycles. The third kappa shape index (κ3) is 6.22. The second-order valence-electron chi connectivity index (χ2n) is 9.28. The molecule has 170 valence electrons. The van der Waals surface area contributed by atoms with Gasteiger partial charge in [-0.15, -0.1) is 0 Å². The number of aliphatic carboxylic acids is 1. The Morgan fingerprint density at radius 2 is 2.10 bits per heavy atom. The molecule has 0 radical (unpaired) electrons. The molecule has 2 bridgehead atoms. The first-order valence-electron chi connectivity index (χ1n) is 10.9. The minimum absolute atomic E-state index is 0.0595. The maximum Gasteiger partial charge on any atom is 0.303 e. The normalized spacial score (nSPS) is 22.4. The summed E-state index contributed by atoms with van der Waals surface area (Å²) in [7, 11) is -3.43. The zero-order valence-electron chi connectivity index (χ0n) is 18.2. The average Bonchev–Trinajstić information content (AvgIpc) is 2.69. The fraction of sp³-hybridized carbons (Fsp3) is 0.542. The van der Waals surface area contributed by atoms with Crippen molar-refractivity contribution in [1.29, 1.82) is 0 Å². The van der Waals surface area contributed by atoms with Gasteiger partial charge in [-0.05, 0) is 79.0 Å². The standard InChI is InChI=1S/C24H32BrNO4S/c1-24(2)18-15-21(24)20(10-5-3-4-6-11-23(27)28)22(16-18)26-31(29,30)13-12-17-8-7-9-19(25)14-17/h3,5,7-9,14,18,21,26H,4,6,10-13,15-16H2,1-2H3,(H,27,28). The van der Waals surface area contributed by atoms with E-state index in [1.165, 1.54) is 5.57 Å². The summed E-state index contributed by atoms with van der Waals surface area (Å²) in [5.74, 6) is 0.204. The first kappa shape index (κ1) is 24.1. The lowest BCUT2D eigenvalue weighted by Crippen LogP contribution is -2.51. The van der Waals surface area contributed by atoms with Gasteiger partial charge in [-0.1, -0.05) is 54.1 Å². The Hall–Kier alpha value is -1.60. The highest BCUT2D eigenvalue weighted by Gasteiger charge is 2.53. The Morgan fingerprint density at radius 3 is 2.77 bits per heavy atom. The summed E-state index contributed by atoms with van der Waals surface area (Å²) < 4.78 is 29.5. The molecule has 0 aromatic heterocycles. The van der Waals surface area contributed by atoms with Crippen LogP contribution < -0.4 is 4.72 Å². The summed E-state index contributed by atoms with van der Waals surface area (Å²) in [6.45, 7) is 4.56. The van der Waals surface area contributed by atoms with Gasteiger partial charge in [0, 0.05) is 16.6 Å². The number of hydrogen-bond donors (Lipinski definition) is 2. The number of sulfonamides is 1. The number of hydrogen-bond acceptors (Lipinski definition) is 3. The van der Waals surface area contributed by atoms with Gasteiger partial charge in [-0.3, -0.25) is 9.52 Å². The van der Waals surface area contributed by atoms with Crippen molar-refractivity contribution in [3.8, 4) is 0 Å². The average molecular weight is 510 g/mol. The van der Waals surface area contributed by atoms with Crippen molar-refractivity contribution in [2.75, 3.05) is 5.75 Å². The van der Waals surface area contributed by atoms with Crippen molar-refractivity contribution in [2.24, 2.45) is 17.3 Å². The van der Waals surface area contributed by atoms with E-state index in [1.807, 2.05) is 30.3 Å². The Balaban J connectivity index is 1.67. The Labute approximate surface area is 194 Å². The zero-order chi connectivity index (χ0) is 22.6. The number of nitrogens with one attached hydrogen (secondary N) is 1. The minimum Gasteiger partial charge on any atom is -0.481 e. The number of allylic oxidation sites excluding steroid dienone is 4. The Kier molecular flexibility index (Phi) is 7.68. The van der Waals surface area contributed by atoms with Crippen LogP contribution in [0.25, 0.3) is 0 Å². The molecule has 0 spiro atoms. The minimum atomic E-state index is -3.43. The van der Waals surface area contributed by atoms with Gasteiger partial charge >= 0.3 is 5.97 Å². The van der Waals surface area contributed by atoms with Crippen LogP contribution >= 0.6 is 15.9 Å². The highest BCUT2D eigenvalue weighted by molar-refractivity contribution is 9.10. The van der Waals surface area contributed by atoms with Gasteiger partial charge in [0.05, 0.1) is 5.75 Å². The Morgan fingerprint density at radius 1 is 1.32 bits per heavy atom. The van der Waals surface area contributed by atoms with E-state index in [-0.39, 0.29) is 17.6 Å². The number of carbonyl (C=O) groups is 1. The smallest absolute Gasteiger partial charge is 0.303 e. The van der Waals surface area contributed by atoms with Gasteiger partial charge in [0.1, 0.15) is 0 Å². The summed E-state index contributed by atoms with van der Waals surface area (Å²) >= 11 is 3.43. The molecule has 3 aliphatic carbocycles. The SMILES string of the molecule is CC1(C)C2CC(NS(=O)(=O)CCc3cccc(Br)c3)=C(CC=CCCCC(=O)O)C1C2. The lowest BCUT2D eigenvalue weighted by molar-refractivity contribution is -0.137. The van der Waals surface area contributed by atoms with Crippen molar-refractivity contribution in [3.63, 3.8) is 0 Å². The number of rotatable bonds is 11. The van der Waals surface area contributed by atoms with Crippen molar-refractivity contribution >= 4 is 31.9 Å². The second kappa shape index (κ2) is 9.90. The van der Waals surface area contributed by atoms with Crippen LogP contribution in [0.2, 0.25) is 0 Å². The molecule has 7 heteroatoms. The molecule has 4 rings (SSSR count). The summed E-state index contributed by atoms with van der Waals surface area (Å²) in [5.41, 5.74) is 3.28. The van der Waals surface area contributed by atoms with E-state index in [0.29, 0.717) is 24.7 Å². The molecular formula is C24H32BrNO4S. The molecule has 2 unspecified atom stereocenters. The van der Waals surface area contributed by atoms with Crippen LogP contribution in [0.4, 0.5) is 0 Å². The quantitative estimate of drug-likeness (QED) is 0.307.